The second kappa shape index (κ2) is 8.39. The highest BCUT2D eigenvalue weighted by Gasteiger charge is 2.08. The fourth-order valence-corrected chi connectivity index (χ4v) is 2.15. The third-order valence-corrected chi connectivity index (χ3v) is 3.35. The van der Waals surface area contributed by atoms with Crippen molar-refractivity contribution in [1.82, 2.24) is 20.6 Å². The molecule has 0 aliphatic rings. The maximum Gasteiger partial charge on any atom is 0.342 e. The number of aromatic amines is 2. The van der Waals surface area contributed by atoms with E-state index in [2.05, 4.69) is 20.7 Å². The van der Waals surface area contributed by atoms with Gasteiger partial charge >= 0.3 is 5.69 Å². The quantitative estimate of drug-likeness (QED) is 0.442. The number of para-hydroxylation sites is 1. The summed E-state index contributed by atoms with van der Waals surface area (Å²) in [6.45, 7) is 0. The Morgan fingerprint density at radius 1 is 1.11 bits per heavy atom. The Morgan fingerprint density at radius 2 is 1.89 bits per heavy atom. The van der Waals surface area contributed by atoms with Crippen LogP contribution in [0.2, 0.25) is 0 Å². The number of carbonyl (C=O) groups excluding carboxylic acids is 1. The molecule has 0 atom stereocenters. The van der Waals surface area contributed by atoms with Gasteiger partial charge in [-0.2, -0.15) is 10.2 Å². The summed E-state index contributed by atoms with van der Waals surface area (Å²) in [5, 5.41) is 9.43. The van der Waals surface area contributed by atoms with Crippen LogP contribution in [-0.4, -0.2) is 27.3 Å². The zero-order valence-electron chi connectivity index (χ0n) is 14.0. The molecule has 3 aromatic rings. The van der Waals surface area contributed by atoms with Gasteiger partial charge in [-0.15, -0.1) is 0 Å². The largest absolute Gasteiger partial charge is 0.457 e. The number of rotatable bonds is 6. The average Bonchev–Trinajstić information content (AvgIpc) is 2.65. The fraction of sp³-hybridized carbons (Fsp3) is 0.0556. The van der Waals surface area contributed by atoms with Crippen molar-refractivity contribution in [3.05, 3.63) is 86.7 Å². The number of ether oxygens (including phenoxy) is 1. The van der Waals surface area contributed by atoms with E-state index < -0.39 is 17.2 Å². The molecule has 3 rings (SSSR count). The molecule has 1 amide bonds. The third kappa shape index (κ3) is 5.23. The van der Waals surface area contributed by atoms with Gasteiger partial charge in [0, 0.05) is 0 Å². The number of H-pyrrole nitrogens is 2. The first-order chi connectivity index (χ1) is 13.1. The number of nitrogens with zero attached hydrogens (tertiary/aromatic N) is 2. The lowest BCUT2D eigenvalue weighted by molar-refractivity contribution is -0.120. The van der Waals surface area contributed by atoms with Crippen LogP contribution in [-0.2, 0) is 11.2 Å². The SMILES string of the molecule is O=C(Cc1n[nH]c(=O)[nH]c1=O)NN=Cc1cccc(Oc2ccccc2)c1. The van der Waals surface area contributed by atoms with Crippen molar-refractivity contribution in [2.24, 2.45) is 5.10 Å². The summed E-state index contributed by atoms with van der Waals surface area (Å²) in [7, 11) is 0. The molecule has 0 fully saturated rings. The van der Waals surface area contributed by atoms with E-state index in [9.17, 15) is 14.4 Å². The number of carbonyl (C=O) groups is 1. The molecule has 27 heavy (non-hydrogen) atoms. The molecule has 3 N–H and O–H groups in total. The van der Waals surface area contributed by atoms with E-state index in [0.717, 1.165) is 0 Å². The molecule has 0 saturated heterocycles. The van der Waals surface area contributed by atoms with Gasteiger partial charge in [0.15, 0.2) is 0 Å². The summed E-state index contributed by atoms with van der Waals surface area (Å²) in [6, 6.07) is 16.5. The molecule has 9 nitrogen and oxygen atoms in total. The van der Waals surface area contributed by atoms with Crippen molar-refractivity contribution in [1.29, 1.82) is 0 Å². The summed E-state index contributed by atoms with van der Waals surface area (Å²) >= 11 is 0. The summed E-state index contributed by atoms with van der Waals surface area (Å²) in [5.41, 5.74) is 1.44. The van der Waals surface area contributed by atoms with Crippen LogP contribution in [0.3, 0.4) is 0 Å². The fourth-order valence-electron chi connectivity index (χ4n) is 2.15. The van der Waals surface area contributed by atoms with Crippen LogP contribution in [0.25, 0.3) is 0 Å². The molecule has 0 radical (unpaired) electrons. The smallest absolute Gasteiger partial charge is 0.342 e. The second-order valence-electron chi connectivity index (χ2n) is 5.41. The first-order valence-corrected chi connectivity index (χ1v) is 7.93. The molecular weight excluding hydrogens is 350 g/mol. The molecule has 136 valence electrons. The molecule has 0 spiro atoms. The van der Waals surface area contributed by atoms with E-state index in [1.165, 1.54) is 6.21 Å². The van der Waals surface area contributed by atoms with Crippen molar-refractivity contribution in [3.8, 4) is 11.5 Å². The highest BCUT2D eigenvalue weighted by Crippen LogP contribution is 2.21. The Morgan fingerprint density at radius 3 is 2.67 bits per heavy atom. The van der Waals surface area contributed by atoms with E-state index in [1.54, 1.807) is 24.3 Å². The van der Waals surface area contributed by atoms with Crippen molar-refractivity contribution in [2.45, 2.75) is 6.42 Å². The molecule has 0 aliphatic heterocycles. The van der Waals surface area contributed by atoms with Gasteiger partial charge in [0.25, 0.3) is 5.56 Å². The molecular formula is C18H15N5O4. The molecule has 0 bridgehead atoms. The predicted molar refractivity (Wildman–Crippen MR) is 97.9 cm³/mol. The van der Waals surface area contributed by atoms with Crippen LogP contribution < -0.4 is 21.4 Å². The highest BCUT2D eigenvalue weighted by atomic mass is 16.5. The summed E-state index contributed by atoms with van der Waals surface area (Å²) in [4.78, 5) is 36.2. The molecule has 0 aliphatic carbocycles. The van der Waals surface area contributed by atoms with Gasteiger partial charge in [0.1, 0.15) is 17.2 Å². The molecule has 1 heterocycles. The van der Waals surface area contributed by atoms with E-state index in [0.29, 0.717) is 17.1 Å². The summed E-state index contributed by atoms with van der Waals surface area (Å²) in [5.74, 6) is 0.784. The van der Waals surface area contributed by atoms with Gasteiger partial charge < -0.3 is 4.74 Å². The van der Waals surface area contributed by atoms with Crippen LogP contribution in [0.4, 0.5) is 0 Å². The Hall–Kier alpha value is -4.01. The zero-order chi connectivity index (χ0) is 19.1. The maximum absolute atomic E-state index is 11.8. The minimum Gasteiger partial charge on any atom is -0.457 e. The molecule has 1 aromatic heterocycles. The summed E-state index contributed by atoms with van der Waals surface area (Å²) in [6.07, 6.45) is 1.13. The topological polar surface area (TPSA) is 129 Å². The highest BCUT2D eigenvalue weighted by molar-refractivity contribution is 5.83. The van der Waals surface area contributed by atoms with Gasteiger partial charge in [-0.3, -0.25) is 14.6 Å². The number of benzene rings is 2. The lowest BCUT2D eigenvalue weighted by atomic mass is 10.2. The minimum atomic E-state index is -0.736. The second-order valence-corrected chi connectivity index (χ2v) is 5.41. The minimum absolute atomic E-state index is 0.111. The third-order valence-electron chi connectivity index (χ3n) is 3.35. The Balaban J connectivity index is 1.59. The number of hydrazone groups is 1. The van der Waals surface area contributed by atoms with E-state index in [1.807, 2.05) is 35.3 Å². The lowest BCUT2D eigenvalue weighted by Crippen LogP contribution is -2.31. The zero-order valence-corrected chi connectivity index (χ0v) is 14.0. The Labute approximate surface area is 152 Å². The Kier molecular flexibility index (Phi) is 5.53. The summed E-state index contributed by atoms with van der Waals surface area (Å²) < 4.78 is 5.72. The number of aromatic nitrogens is 3. The van der Waals surface area contributed by atoms with E-state index >= 15 is 0 Å². The van der Waals surface area contributed by atoms with Gasteiger partial charge in [-0.25, -0.2) is 15.3 Å². The lowest BCUT2D eigenvalue weighted by Gasteiger charge is -2.05. The monoisotopic (exact) mass is 365 g/mol. The van der Waals surface area contributed by atoms with Crippen molar-refractivity contribution >= 4 is 12.1 Å². The number of hydrogen-bond donors (Lipinski definition) is 3. The first kappa shape index (κ1) is 17.8. The van der Waals surface area contributed by atoms with E-state index in [4.69, 9.17) is 4.74 Å². The van der Waals surface area contributed by atoms with Gasteiger partial charge in [-0.05, 0) is 29.8 Å². The number of amides is 1. The van der Waals surface area contributed by atoms with Gasteiger partial charge in [0.2, 0.25) is 5.91 Å². The predicted octanol–water partition coefficient (Wildman–Crippen LogP) is 0.943. The van der Waals surface area contributed by atoms with Crippen molar-refractivity contribution in [3.63, 3.8) is 0 Å². The van der Waals surface area contributed by atoms with Crippen LogP contribution >= 0.6 is 0 Å². The van der Waals surface area contributed by atoms with Crippen LogP contribution in [0.15, 0.2) is 69.3 Å². The average molecular weight is 365 g/mol. The molecule has 2 aromatic carbocycles. The van der Waals surface area contributed by atoms with E-state index in [-0.39, 0.29) is 12.1 Å². The van der Waals surface area contributed by atoms with Crippen LogP contribution in [0, 0.1) is 0 Å². The van der Waals surface area contributed by atoms with Crippen LogP contribution in [0.5, 0.6) is 11.5 Å². The first-order valence-electron chi connectivity index (χ1n) is 7.93. The number of hydrogen-bond acceptors (Lipinski definition) is 6. The Bertz CT molecular complexity index is 1070. The molecule has 0 unspecified atom stereocenters. The van der Waals surface area contributed by atoms with Crippen molar-refractivity contribution in [2.75, 3.05) is 0 Å². The normalized spacial score (nSPS) is 10.7. The van der Waals surface area contributed by atoms with Gasteiger partial charge in [0.05, 0.1) is 12.6 Å². The van der Waals surface area contributed by atoms with Crippen LogP contribution in [0.1, 0.15) is 11.3 Å². The maximum atomic E-state index is 11.8. The number of nitrogens with one attached hydrogen (secondary N) is 3. The standard InChI is InChI=1S/C18H15N5O4/c24-16(10-15-17(25)20-18(26)23-21-15)22-19-11-12-5-4-8-14(9-12)27-13-6-2-1-3-7-13/h1-9,11H,10H2,(H,22,24)(H2,20,23,25,26). The van der Waals surface area contributed by atoms with Gasteiger partial charge in [-0.1, -0.05) is 30.3 Å². The molecule has 9 heteroatoms. The van der Waals surface area contributed by atoms with Crippen molar-refractivity contribution < 1.29 is 9.53 Å². The molecule has 0 saturated carbocycles.